The fraction of sp³-hybridized carbons (Fsp3) is 0.538. The molecule has 0 radical (unpaired) electrons. The van der Waals surface area contributed by atoms with E-state index in [0.717, 1.165) is 28.2 Å². The number of halogens is 1. The van der Waals surface area contributed by atoms with Gasteiger partial charge in [-0.05, 0) is 28.0 Å². The van der Waals surface area contributed by atoms with E-state index < -0.39 is 8.07 Å². The first-order valence-electron chi connectivity index (χ1n) is 6.60. The molecule has 0 saturated carbocycles. The van der Waals surface area contributed by atoms with Gasteiger partial charge < -0.3 is 9.84 Å². The molecular weight excluding hydrogens is 338 g/mol. The summed E-state index contributed by atoms with van der Waals surface area (Å²) in [5.41, 5.74) is 1.35. The van der Waals surface area contributed by atoms with E-state index in [0.29, 0.717) is 12.4 Å². The molecule has 0 aliphatic heterocycles. The van der Waals surface area contributed by atoms with E-state index in [1.165, 1.54) is 0 Å². The summed E-state index contributed by atoms with van der Waals surface area (Å²) >= 11 is 3.39. The van der Waals surface area contributed by atoms with Gasteiger partial charge >= 0.3 is 0 Å². The summed E-state index contributed by atoms with van der Waals surface area (Å²) in [6, 6.07) is 3.05. The monoisotopic (exact) mass is 357 g/mol. The van der Waals surface area contributed by atoms with Crippen LogP contribution in [0.25, 0.3) is 11.0 Å². The Balaban J connectivity index is 2.07. The zero-order valence-electron chi connectivity index (χ0n) is 12.1. The van der Waals surface area contributed by atoms with E-state index in [1.807, 2.05) is 6.07 Å². The molecule has 0 spiro atoms. The zero-order valence-corrected chi connectivity index (χ0v) is 14.6. The van der Waals surface area contributed by atoms with Gasteiger partial charge in [-0.2, -0.15) is 5.10 Å². The SMILES string of the molecule is C[Si](C)(C)CCOCn1ncc2cc(Br)c(CO)nc21. The van der Waals surface area contributed by atoms with Crippen molar-refractivity contribution in [2.24, 2.45) is 0 Å². The standard InChI is InChI=1S/C13H20BrN3O2Si/c1-20(2,3)5-4-19-9-17-13-10(7-15-17)6-11(14)12(8-18)16-13/h6-7,18H,4-5,8-9H2,1-3H3. The number of hydrogen-bond acceptors (Lipinski definition) is 4. The summed E-state index contributed by atoms with van der Waals surface area (Å²) in [7, 11) is -1.06. The molecular formula is C13H20BrN3O2Si. The van der Waals surface area contributed by atoms with E-state index in [1.54, 1.807) is 10.9 Å². The van der Waals surface area contributed by atoms with Crippen LogP contribution < -0.4 is 0 Å². The second-order valence-corrected chi connectivity index (χ2v) is 12.5. The lowest BCUT2D eigenvalue weighted by molar-refractivity contribution is 0.0812. The minimum Gasteiger partial charge on any atom is -0.390 e. The molecule has 2 rings (SSSR count). The summed E-state index contributed by atoms with van der Waals surface area (Å²) in [4.78, 5) is 4.41. The second-order valence-electron chi connectivity index (χ2n) is 5.98. The minimum absolute atomic E-state index is 0.0990. The Morgan fingerprint density at radius 3 is 2.80 bits per heavy atom. The summed E-state index contributed by atoms with van der Waals surface area (Å²) < 4.78 is 8.21. The first kappa shape index (κ1) is 15.6. The molecule has 0 aromatic carbocycles. The van der Waals surface area contributed by atoms with Crippen LogP contribution in [0.3, 0.4) is 0 Å². The first-order valence-corrected chi connectivity index (χ1v) is 11.1. The molecule has 2 aromatic rings. The van der Waals surface area contributed by atoms with Gasteiger partial charge in [0, 0.05) is 24.5 Å². The molecule has 5 nitrogen and oxygen atoms in total. The zero-order chi connectivity index (χ0) is 14.8. The lowest BCUT2D eigenvalue weighted by Gasteiger charge is -2.15. The largest absolute Gasteiger partial charge is 0.390 e. The van der Waals surface area contributed by atoms with Crippen molar-refractivity contribution in [1.82, 2.24) is 14.8 Å². The van der Waals surface area contributed by atoms with Crippen LogP contribution in [0.1, 0.15) is 5.69 Å². The Morgan fingerprint density at radius 2 is 2.15 bits per heavy atom. The van der Waals surface area contributed by atoms with E-state index in [9.17, 15) is 5.11 Å². The molecule has 2 heterocycles. The van der Waals surface area contributed by atoms with Crippen molar-refractivity contribution in [3.05, 3.63) is 22.4 Å². The fourth-order valence-electron chi connectivity index (χ4n) is 1.75. The predicted molar refractivity (Wildman–Crippen MR) is 85.3 cm³/mol. The molecule has 0 unspecified atom stereocenters. The van der Waals surface area contributed by atoms with Gasteiger partial charge in [0.05, 0.1) is 18.5 Å². The van der Waals surface area contributed by atoms with Crippen molar-refractivity contribution < 1.29 is 9.84 Å². The van der Waals surface area contributed by atoms with Crippen molar-refractivity contribution in [3.8, 4) is 0 Å². The number of ether oxygens (including phenoxy) is 1. The highest BCUT2D eigenvalue weighted by atomic mass is 79.9. The quantitative estimate of drug-likeness (QED) is 0.637. The Morgan fingerprint density at radius 1 is 1.40 bits per heavy atom. The number of pyridine rings is 1. The molecule has 110 valence electrons. The second kappa shape index (κ2) is 6.34. The number of nitrogens with zero attached hydrogens (tertiary/aromatic N) is 3. The van der Waals surface area contributed by atoms with Crippen molar-refractivity contribution in [2.75, 3.05) is 6.61 Å². The molecule has 0 bridgehead atoms. The topological polar surface area (TPSA) is 60.2 Å². The van der Waals surface area contributed by atoms with Crippen molar-refractivity contribution >= 4 is 35.0 Å². The van der Waals surface area contributed by atoms with Gasteiger partial charge in [0.15, 0.2) is 5.65 Å². The third-order valence-corrected chi connectivity index (χ3v) is 5.39. The Kier molecular flexibility index (Phi) is 4.95. The van der Waals surface area contributed by atoms with Gasteiger partial charge in [0.2, 0.25) is 0 Å². The normalized spacial score (nSPS) is 12.2. The van der Waals surface area contributed by atoms with Gasteiger partial charge in [-0.3, -0.25) is 0 Å². The van der Waals surface area contributed by atoms with Crippen molar-refractivity contribution in [3.63, 3.8) is 0 Å². The predicted octanol–water partition coefficient (Wildman–Crippen LogP) is 3.00. The molecule has 0 fully saturated rings. The average molecular weight is 358 g/mol. The Hall–Kier alpha value is -0.763. The number of fused-ring (bicyclic) bond motifs is 1. The minimum atomic E-state index is -1.06. The van der Waals surface area contributed by atoms with Crippen LogP contribution in [0, 0.1) is 0 Å². The number of rotatable bonds is 6. The molecule has 2 aromatic heterocycles. The maximum Gasteiger partial charge on any atom is 0.160 e. The average Bonchev–Trinajstić information content (AvgIpc) is 2.74. The van der Waals surface area contributed by atoms with Crippen LogP contribution in [0.5, 0.6) is 0 Å². The van der Waals surface area contributed by atoms with Crippen LogP contribution >= 0.6 is 15.9 Å². The van der Waals surface area contributed by atoms with Crippen molar-refractivity contribution in [2.45, 2.75) is 39.0 Å². The fourth-order valence-corrected chi connectivity index (χ4v) is 2.97. The van der Waals surface area contributed by atoms with Gasteiger partial charge in [-0.1, -0.05) is 19.6 Å². The smallest absolute Gasteiger partial charge is 0.160 e. The highest BCUT2D eigenvalue weighted by Gasteiger charge is 2.13. The van der Waals surface area contributed by atoms with Gasteiger partial charge in [0.25, 0.3) is 0 Å². The van der Waals surface area contributed by atoms with Crippen molar-refractivity contribution in [1.29, 1.82) is 0 Å². The van der Waals surface area contributed by atoms with Crippen LogP contribution in [0.15, 0.2) is 16.7 Å². The number of aliphatic hydroxyl groups is 1. The highest BCUT2D eigenvalue weighted by molar-refractivity contribution is 9.10. The summed E-state index contributed by atoms with van der Waals surface area (Å²) in [6.07, 6.45) is 1.76. The Bertz CT molecular complexity index is 595. The van der Waals surface area contributed by atoms with Crippen LogP contribution in [-0.2, 0) is 18.1 Å². The molecule has 20 heavy (non-hydrogen) atoms. The number of aliphatic hydroxyl groups excluding tert-OH is 1. The molecule has 0 saturated heterocycles. The lowest BCUT2D eigenvalue weighted by Crippen LogP contribution is -2.22. The van der Waals surface area contributed by atoms with E-state index in [2.05, 4.69) is 45.7 Å². The van der Waals surface area contributed by atoms with Crippen LogP contribution in [0.2, 0.25) is 25.7 Å². The molecule has 0 aliphatic rings. The van der Waals surface area contributed by atoms with Gasteiger partial charge in [-0.25, -0.2) is 9.67 Å². The molecule has 0 atom stereocenters. The third kappa shape index (κ3) is 3.88. The van der Waals surface area contributed by atoms with E-state index >= 15 is 0 Å². The third-order valence-electron chi connectivity index (χ3n) is 3.00. The van der Waals surface area contributed by atoms with Gasteiger partial charge in [0.1, 0.15) is 6.73 Å². The molecule has 0 aliphatic carbocycles. The Labute approximate surface area is 128 Å². The summed E-state index contributed by atoms with van der Waals surface area (Å²) in [5, 5.41) is 14.5. The molecule has 0 amide bonds. The number of aromatic nitrogens is 3. The maximum atomic E-state index is 9.26. The lowest BCUT2D eigenvalue weighted by atomic mass is 10.3. The molecule has 7 heteroatoms. The highest BCUT2D eigenvalue weighted by Crippen LogP contribution is 2.21. The van der Waals surface area contributed by atoms with E-state index in [-0.39, 0.29) is 6.61 Å². The van der Waals surface area contributed by atoms with Gasteiger partial charge in [-0.15, -0.1) is 0 Å². The summed E-state index contributed by atoms with van der Waals surface area (Å²) in [5.74, 6) is 0. The maximum absolute atomic E-state index is 9.26. The van der Waals surface area contributed by atoms with Crippen LogP contribution in [0.4, 0.5) is 0 Å². The van der Waals surface area contributed by atoms with E-state index in [4.69, 9.17) is 4.74 Å². The molecule has 1 N–H and O–H groups in total. The summed E-state index contributed by atoms with van der Waals surface area (Å²) in [6.45, 7) is 8.02. The van der Waals surface area contributed by atoms with Crippen LogP contribution in [-0.4, -0.2) is 34.6 Å². The number of hydrogen-bond donors (Lipinski definition) is 1. The first-order chi connectivity index (χ1) is 9.40.